The molecule has 1 fully saturated rings. The molecule has 1 saturated heterocycles. The molecule has 1 aliphatic rings. The van der Waals surface area contributed by atoms with Crippen molar-refractivity contribution in [3.05, 3.63) is 71.8 Å². The van der Waals surface area contributed by atoms with Gasteiger partial charge in [-0.2, -0.15) is 4.31 Å². The predicted octanol–water partition coefficient (Wildman–Crippen LogP) is 3.39. The second-order valence-electron chi connectivity index (χ2n) is 7.84. The van der Waals surface area contributed by atoms with Crippen LogP contribution in [0.5, 0.6) is 0 Å². The first-order valence-corrected chi connectivity index (χ1v) is 11.9. The largest absolute Gasteiger partial charge is 0.441 e. The van der Waals surface area contributed by atoms with Crippen molar-refractivity contribution >= 4 is 15.9 Å². The van der Waals surface area contributed by atoms with Crippen LogP contribution in [0, 0.1) is 18.6 Å². The van der Waals surface area contributed by atoms with E-state index < -0.39 is 26.6 Å². The van der Waals surface area contributed by atoms with E-state index >= 15 is 0 Å². The number of carbonyl (C=O) groups excluding carboxylic acids is 1. The lowest BCUT2D eigenvalue weighted by molar-refractivity contribution is -0.132. The normalized spacial score (nSPS) is 15.1. The Kier molecular flexibility index (Phi) is 6.57. The van der Waals surface area contributed by atoms with E-state index in [2.05, 4.69) is 4.98 Å². The molecule has 33 heavy (non-hydrogen) atoms. The molecule has 1 aliphatic heterocycles. The third-order valence-corrected chi connectivity index (χ3v) is 7.46. The maximum atomic E-state index is 14.0. The van der Waals surface area contributed by atoms with Crippen molar-refractivity contribution in [2.75, 3.05) is 26.2 Å². The number of hydrogen-bond acceptors (Lipinski definition) is 5. The van der Waals surface area contributed by atoms with Crippen LogP contribution in [0.25, 0.3) is 11.3 Å². The molecule has 1 amide bonds. The first-order valence-electron chi connectivity index (χ1n) is 10.5. The van der Waals surface area contributed by atoms with E-state index in [9.17, 15) is 22.0 Å². The second kappa shape index (κ2) is 9.40. The summed E-state index contributed by atoms with van der Waals surface area (Å²) < 4.78 is 59.6. The van der Waals surface area contributed by atoms with Crippen LogP contribution in [0.2, 0.25) is 0 Å². The lowest BCUT2D eigenvalue weighted by atomic mass is 10.1. The van der Waals surface area contributed by atoms with Gasteiger partial charge in [-0.15, -0.1) is 0 Å². The molecule has 0 bridgehead atoms. The number of oxazole rings is 1. The van der Waals surface area contributed by atoms with Crippen molar-refractivity contribution in [2.24, 2.45) is 0 Å². The van der Waals surface area contributed by atoms with E-state index in [1.165, 1.54) is 0 Å². The summed E-state index contributed by atoms with van der Waals surface area (Å²) in [6.07, 6.45) is 2.11. The number of piperazine rings is 1. The number of halogens is 2. The van der Waals surface area contributed by atoms with Crippen molar-refractivity contribution in [2.45, 2.75) is 24.7 Å². The maximum Gasteiger partial charge on any atom is 0.246 e. The van der Waals surface area contributed by atoms with Crippen LogP contribution in [0.3, 0.4) is 0 Å². The van der Waals surface area contributed by atoms with Gasteiger partial charge in [0, 0.05) is 44.6 Å². The molecule has 174 valence electrons. The maximum absolute atomic E-state index is 14.0. The minimum absolute atomic E-state index is 0.000596. The summed E-state index contributed by atoms with van der Waals surface area (Å²) in [5.41, 5.74) is 2.04. The molecule has 7 nitrogen and oxygen atoms in total. The highest BCUT2D eigenvalue weighted by molar-refractivity contribution is 7.89. The summed E-state index contributed by atoms with van der Waals surface area (Å²) in [6, 6.07) is 10.1. The monoisotopic (exact) mass is 475 g/mol. The fourth-order valence-electron chi connectivity index (χ4n) is 3.64. The van der Waals surface area contributed by atoms with Gasteiger partial charge in [0.25, 0.3) is 0 Å². The van der Waals surface area contributed by atoms with Gasteiger partial charge in [0.1, 0.15) is 16.5 Å². The van der Waals surface area contributed by atoms with Crippen LogP contribution in [0.1, 0.15) is 17.9 Å². The van der Waals surface area contributed by atoms with Crippen LogP contribution in [-0.4, -0.2) is 54.7 Å². The first kappa shape index (κ1) is 23.1. The van der Waals surface area contributed by atoms with E-state index in [-0.39, 0.29) is 38.5 Å². The molecule has 0 saturated carbocycles. The second-order valence-corrected chi connectivity index (χ2v) is 9.75. The van der Waals surface area contributed by atoms with Gasteiger partial charge in [0.2, 0.25) is 15.9 Å². The molecule has 0 N–H and O–H groups in total. The molecule has 2 aromatic carbocycles. The van der Waals surface area contributed by atoms with Crippen molar-refractivity contribution in [3.63, 3.8) is 0 Å². The smallest absolute Gasteiger partial charge is 0.246 e. The highest BCUT2D eigenvalue weighted by Crippen LogP contribution is 2.23. The molecular weight excluding hydrogens is 452 g/mol. The number of nitrogens with zero attached hydrogens (tertiary/aromatic N) is 3. The summed E-state index contributed by atoms with van der Waals surface area (Å²) in [7, 11) is -4.19. The zero-order chi connectivity index (χ0) is 23.6. The summed E-state index contributed by atoms with van der Waals surface area (Å²) in [6.45, 7) is 2.32. The van der Waals surface area contributed by atoms with Crippen molar-refractivity contribution in [1.29, 1.82) is 0 Å². The van der Waals surface area contributed by atoms with E-state index in [0.717, 1.165) is 27.6 Å². The van der Waals surface area contributed by atoms with Crippen LogP contribution < -0.4 is 0 Å². The van der Waals surface area contributed by atoms with Crippen molar-refractivity contribution in [1.82, 2.24) is 14.2 Å². The van der Waals surface area contributed by atoms with Gasteiger partial charge in [-0.25, -0.2) is 22.2 Å². The summed E-state index contributed by atoms with van der Waals surface area (Å²) in [5.74, 6) is -0.923. The fraction of sp³-hybridized carbons (Fsp3) is 0.304. The Morgan fingerprint density at radius 1 is 1.06 bits per heavy atom. The highest BCUT2D eigenvalue weighted by Gasteiger charge is 2.32. The predicted molar refractivity (Wildman–Crippen MR) is 117 cm³/mol. The highest BCUT2D eigenvalue weighted by atomic mass is 32.2. The Morgan fingerprint density at radius 2 is 1.76 bits per heavy atom. The van der Waals surface area contributed by atoms with Crippen LogP contribution >= 0.6 is 0 Å². The number of benzene rings is 2. The third-order valence-electron chi connectivity index (χ3n) is 5.54. The first-order chi connectivity index (χ1) is 15.7. The van der Waals surface area contributed by atoms with E-state index in [1.807, 2.05) is 31.2 Å². The van der Waals surface area contributed by atoms with Gasteiger partial charge >= 0.3 is 0 Å². The van der Waals surface area contributed by atoms with E-state index in [0.29, 0.717) is 24.1 Å². The summed E-state index contributed by atoms with van der Waals surface area (Å²) in [5, 5.41) is 0. The zero-order valence-corrected chi connectivity index (χ0v) is 18.8. The Labute approximate surface area is 190 Å². The van der Waals surface area contributed by atoms with Gasteiger partial charge in [0.05, 0.1) is 6.20 Å². The number of hydrogen-bond donors (Lipinski definition) is 0. The minimum atomic E-state index is -4.19. The molecule has 1 aromatic heterocycles. The molecular formula is C23H23F2N3O4S. The van der Waals surface area contributed by atoms with Crippen LogP contribution in [0.15, 0.2) is 58.0 Å². The summed E-state index contributed by atoms with van der Waals surface area (Å²) >= 11 is 0. The topological polar surface area (TPSA) is 83.7 Å². The molecule has 0 unspecified atom stereocenters. The Balaban J connectivity index is 1.32. The average molecular weight is 476 g/mol. The van der Waals surface area contributed by atoms with Crippen molar-refractivity contribution in [3.8, 4) is 11.3 Å². The average Bonchev–Trinajstić information content (AvgIpc) is 3.28. The number of amides is 1. The van der Waals surface area contributed by atoms with Gasteiger partial charge in [0.15, 0.2) is 11.7 Å². The molecule has 0 radical (unpaired) electrons. The van der Waals surface area contributed by atoms with Crippen LogP contribution in [-0.2, 0) is 21.2 Å². The van der Waals surface area contributed by atoms with Gasteiger partial charge in [-0.3, -0.25) is 4.79 Å². The van der Waals surface area contributed by atoms with Crippen molar-refractivity contribution < 1.29 is 26.4 Å². The van der Waals surface area contributed by atoms with Gasteiger partial charge in [-0.1, -0.05) is 29.8 Å². The lowest BCUT2D eigenvalue weighted by Gasteiger charge is -2.34. The molecule has 3 aromatic rings. The lowest BCUT2D eigenvalue weighted by Crippen LogP contribution is -2.50. The number of aromatic nitrogens is 1. The number of rotatable bonds is 6. The Morgan fingerprint density at radius 3 is 2.45 bits per heavy atom. The van der Waals surface area contributed by atoms with Crippen LogP contribution in [0.4, 0.5) is 8.78 Å². The van der Waals surface area contributed by atoms with Gasteiger partial charge < -0.3 is 9.32 Å². The summed E-state index contributed by atoms with van der Waals surface area (Å²) in [4.78, 5) is 17.7. The zero-order valence-electron chi connectivity index (χ0n) is 18.0. The Hall–Kier alpha value is -3.11. The molecule has 4 rings (SSSR count). The molecule has 10 heteroatoms. The number of sulfonamides is 1. The quantitative estimate of drug-likeness (QED) is 0.546. The number of carbonyl (C=O) groups is 1. The molecule has 0 aliphatic carbocycles. The van der Waals surface area contributed by atoms with Gasteiger partial charge in [-0.05, 0) is 25.1 Å². The third kappa shape index (κ3) is 5.12. The molecule has 2 heterocycles. The SMILES string of the molecule is Cc1ccc(-c2cnc(CCC(=O)N3CCN(S(=O)(=O)c4cc(F)ccc4F)CC3)o2)cc1. The molecule has 0 atom stereocenters. The Bertz CT molecular complexity index is 1250. The van der Waals surface area contributed by atoms with E-state index in [1.54, 1.807) is 11.1 Å². The van der Waals surface area contributed by atoms with E-state index in [4.69, 9.17) is 4.42 Å². The fourth-order valence-corrected chi connectivity index (χ4v) is 5.14. The molecule has 0 spiro atoms. The minimum Gasteiger partial charge on any atom is -0.441 e. The standard InChI is InChI=1S/C23H23F2N3O4S/c1-16-2-4-17(5-3-16)20-15-26-22(32-20)8-9-23(29)27-10-12-28(13-11-27)33(30,31)21-14-18(24)6-7-19(21)25/h2-7,14-15H,8-13H2,1H3. The number of aryl methyl sites for hydroxylation is 2.